The van der Waals surface area contributed by atoms with Crippen LogP contribution >= 0.6 is 11.8 Å². The van der Waals surface area contributed by atoms with Crippen molar-refractivity contribution in [3.8, 4) is 17.2 Å². The first-order chi connectivity index (χ1) is 29.4. The predicted octanol–water partition coefficient (Wildman–Crippen LogP) is 9.00. The number of allylic oxidation sites excluding steroid dienone is 1. The summed E-state index contributed by atoms with van der Waals surface area (Å²) in [5.74, 6) is 1.40. The lowest BCUT2D eigenvalue weighted by atomic mass is 9.55. The molecule has 6 rings (SSSR count). The van der Waals surface area contributed by atoms with Gasteiger partial charge in [-0.15, -0.1) is 18.3 Å². The van der Waals surface area contributed by atoms with Crippen molar-refractivity contribution in [1.29, 1.82) is 0 Å². The molecule has 2 N–H and O–H groups in total. The molecule has 0 spiro atoms. The number of oxime groups is 1. The Labute approximate surface area is 361 Å². The van der Waals surface area contributed by atoms with Crippen LogP contribution in [0.1, 0.15) is 82.3 Å². The zero-order valence-electron chi connectivity index (χ0n) is 35.6. The van der Waals surface area contributed by atoms with Crippen LogP contribution < -0.4 is 14.2 Å². The molecule has 0 saturated heterocycles. The molecule has 3 aliphatic rings. The summed E-state index contributed by atoms with van der Waals surface area (Å²) in [6.45, 7) is 9.95. The average Bonchev–Trinajstić information content (AvgIpc) is 3.27. The number of carbonyl (C=O) groups excluding carboxylic acids is 1. The van der Waals surface area contributed by atoms with Crippen molar-refractivity contribution < 1.29 is 38.8 Å². The van der Waals surface area contributed by atoms with Crippen molar-refractivity contribution in [3.05, 3.63) is 108 Å². The van der Waals surface area contributed by atoms with E-state index in [9.17, 15) is 15.0 Å². The normalized spacial score (nSPS) is 23.4. The molecular weight excluding hydrogens is 777 g/mol. The Kier molecular flexibility index (Phi) is 17.0. The van der Waals surface area contributed by atoms with E-state index in [2.05, 4.69) is 37.8 Å². The second kappa shape index (κ2) is 22.5. The lowest BCUT2D eigenvalue weighted by Gasteiger charge is -2.60. The van der Waals surface area contributed by atoms with Gasteiger partial charge in [0.25, 0.3) is 0 Å². The van der Waals surface area contributed by atoms with E-state index in [0.717, 1.165) is 66.0 Å². The number of unbranched alkanes of at least 4 members (excludes halogenated alkanes) is 2. The number of carbonyl (C=O) groups is 1. The number of fused-ring (bicyclic) bond motifs is 2. The maximum atomic E-state index is 14.8. The largest absolute Gasteiger partial charge is 0.497 e. The number of benzene rings is 3. The molecule has 60 heavy (non-hydrogen) atoms. The summed E-state index contributed by atoms with van der Waals surface area (Å²) in [7, 11) is 1.63. The predicted molar refractivity (Wildman–Crippen MR) is 238 cm³/mol. The maximum absolute atomic E-state index is 14.8. The fraction of sp³-hybridized carbons (Fsp3) is 0.510. The molecule has 1 saturated carbocycles. The van der Waals surface area contributed by atoms with Crippen molar-refractivity contribution in [1.82, 2.24) is 4.90 Å². The molecule has 1 heterocycles. The number of hydrogen-bond donors (Lipinski definition) is 2. The van der Waals surface area contributed by atoms with Gasteiger partial charge in [-0.2, -0.15) is 0 Å². The van der Waals surface area contributed by atoms with Crippen LogP contribution in [0.25, 0.3) is 0 Å². The number of ether oxygens (including phenoxy) is 4. The first-order valence-electron chi connectivity index (χ1n) is 21.8. The highest BCUT2D eigenvalue weighted by Crippen LogP contribution is 2.62. The summed E-state index contributed by atoms with van der Waals surface area (Å²) in [6.07, 6.45) is 10.3. The van der Waals surface area contributed by atoms with Gasteiger partial charge >= 0.3 is 0 Å². The number of methoxy groups -OCH3 is 1. The van der Waals surface area contributed by atoms with E-state index >= 15 is 0 Å². The minimum atomic E-state index is -1.30. The highest BCUT2D eigenvalue weighted by molar-refractivity contribution is 7.99. The highest BCUT2D eigenvalue weighted by Gasteiger charge is 2.65. The fourth-order valence-corrected chi connectivity index (χ4v) is 10.2. The molecule has 6 unspecified atom stereocenters. The summed E-state index contributed by atoms with van der Waals surface area (Å²) in [4.78, 5) is 23.9. The Balaban J connectivity index is 1.49. The van der Waals surface area contributed by atoms with Crippen LogP contribution in [-0.4, -0.2) is 91.0 Å². The zero-order valence-corrected chi connectivity index (χ0v) is 36.5. The minimum absolute atomic E-state index is 0.0416. The maximum Gasteiger partial charge on any atom is 0.239 e. The van der Waals surface area contributed by atoms with Gasteiger partial charge in [0.2, 0.25) is 11.7 Å². The number of rotatable bonds is 24. The van der Waals surface area contributed by atoms with Gasteiger partial charge in [0.1, 0.15) is 29.9 Å². The number of nitrogens with zero attached hydrogens (tertiary/aromatic N) is 2. The van der Waals surface area contributed by atoms with Gasteiger partial charge in [-0.25, -0.2) is 0 Å². The van der Waals surface area contributed by atoms with Gasteiger partial charge in [0.15, 0.2) is 0 Å². The molecule has 11 heteroatoms. The van der Waals surface area contributed by atoms with Gasteiger partial charge in [-0.1, -0.05) is 67.4 Å². The third-order valence-electron chi connectivity index (χ3n) is 12.0. The van der Waals surface area contributed by atoms with Gasteiger partial charge in [0, 0.05) is 48.3 Å². The van der Waals surface area contributed by atoms with Crippen LogP contribution in [0.2, 0.25) is 0 Å². The number of hydrogen-bond acceptors (Lipinski definition) is 10. The molecule has 324 valence electrons. The minimum Gasteiger partial charge on any atom is -0.497 e. The molecule has 0 radical (unpaired) electrons. The second-order valence-electron chi connectivity index (χ2n) is 15.8. The van der Waals surface area contributed by atoms with E-state index in [1.807, 2.05) is 66.4 Å². The summed E-state index contributed by atoms with van der Waals surface area (Å²) >= 11 is 1.76. The van der Waals surface area contributed by atoms with Crippen LogP contribution in [0.5, 0.6) is 17.2 Å². The van der Waals surface area contributed by atoms with Crippen molar-refractivity contribution in [2.75, 3.05) is 52.4 Å². The summed E-state index contributed by atoms with van der Waals surface area (Å²) in [5, 5.41) is 24.7. The summed E-state index contributed by atoms with van der Waals surface area (Å²) in [5.41, 5.74) is 3.72. The Morgan fingerprint density at radius 3 is 2.53 bits per heavy atom. The number of thioether (sulfide) groups is 1. The van der Waals surface area contributed by atoms with E-state index < -0.39 is 11.8 Å². The Bertz CT molecular complexity index is 1900. The average molecular weight is 841 g/mol. The van der Waals surface area contributed by atoms with E-state index in [-0.39, 0.29) is 55.8 Å². The van der Waals surface area contributed by atoms with Crippen LogP contribution in [0.3, 0.4) is 0 Å². The third-order valence-corrected chi connectivity index (χ3v) is 12.9. The van der Waals surface area contributed by atoms with E-state index in [0.29, 0.717) is 50.5 Å². The van der Waals surface area contributed by atoms with Crippen LogP contribution in [-0.2, 0) is 20.8 Å². The first-order valence-corrected chi connectivity index (χ1v) is 22.8. The summed E-state index contributed by atoms with van der Waals surface area (Å²) < 4.78 is 26.5. The molecule has 10 nitrogen and oxygen atoms in total. The first kappa shape index (κ1) is 45.2. The van der Waals surface area contributed by atoms with Crippen LogP contribution in [0.15, 0.2) is 107 Å². The molecule has 3 aromatic rings. The van der Waals surface area contributed by atoms with Crippen LogP contribution in [0.4, 0.5) is 0 Å². The molecule has 1 fully saturated rings. The van der Waals surface area contributed by atoms with Crippen molar-refractivity contribution in [2.24, 2.45) is 22.9 Å². The number of amides is 1. The Hall–Kier alpha value is -4.29. The molecule has 0 bridgehead atoms. The number of aliphatic hydroxyl groups excluding tert-OH is 2. The lowest BCUT2D eigenvalue weighted by molar-refractivity contribution is -0.257. The monoisotopic (exact) mass is 840 g/mol. The van der Waals surface area contributed by atoms with E-state index in [1.165, 1.54) is 4.90 Å². The molecule has 0 aromatic heterocycles. The zero-order chi connectivity index (χ0) is 42.3. The summed E-state index contributed by atoms with van der Waals surface area (Å²) in [6, 6.07) is 23.6. The molecule has 1 amide bonds. The highest BCUT2D eigenvalue weighted by atomic mass is 32.2. The van der Waals surface area contributed by atoms with Gasteiger partial charge < -0.3 is 38.9 Å². The quantitative estimate of drug-likeness (QED) is 0.0394. The standard InChI is InChI=1S/C49H64N2O8S/c1-5-24-51(46(54)31-35-16-15-18-37(30-35)55-4)45-34-43(50-58-7-3)41-32-36(17-11-13-25-52)40(21-12-14-26-53)47-42-33-38(56-28-29-60-39-19-9-8-10-20-39)22-23-44(42)59-49(45,48(41)47)57-27-6-2/h6,8-10,15-16,18-20,22-23,30,32-33,36,40,45,47-48,52-53H,2,5,7,11-14,17,21,24-29,31,34H2,1,3-4H3. The van der Waals surface area contributed by atoms with Crippen molar-refractivity contribution >= 4 is 23.4 Å². The number of aliphatic hydroxyl groups is 2. The van der Waals surface area contributed by atoms with E-state index in [4.69, 9.17) is 28.9 Å². The van der Waals surface area contributed by atoms with Crippen molar-refractivity contribution in [3.63, 3.8) is 0 Å². The third kappa shape index (κ3) is 10.6. The smallest absolute Gasteiger partial charge is 0.239 e. The Morgan fingerprint density at radius 1 is 1.00 bits per heavy atom. The molecule has 6 atom stereocenters. The molecule has 2 aliphatic carbocycles. The topological polar surface area (TPSA) is 119 Å². The molecule has 3 aromatic carbocycles. The molecule has 1 aliphatic heterocycles. The SMILES string of the molecule is C=CCOC12Oc3ccc(OCCSc4ccccc4)cc3C3C(CCCCO)C(CCCCO)C=C(C(=NOCC)CC1N(CCC)C(=O)Cc1cccc(OC)c1)C32. The lowest BCUT2D eigenvalue weighted by Crippen LogP contribution is -2.70. The Morgan fingerprint density at radius 2 is 1.80 bits per heavy atom. The van der Waals surface area contributed by atoms with Gasteiger partial charge in [-0.05, 0) is 104 Å². The second-order valence-corrected chi connectivity index (χ2v) is 17.0. The molecular formula is C49H64N2O8S. The van der Waals surface area contributed by atoms with E-state index in [1.54, 1.807) is 24.9 Å². The van der Waals surface area contributed by atoms with Gasteiger partial charge in [0.05, 0.1) is 38.4 Å². The fourth-order valence-electron chi connectivity index (χ4n) is 9.47. The van der Waals surface area contributed by atoms with Gasteiger partial charge in [-0.3, -0.25) is 4.79 Å². The van der Waals surface area contributed by atoms with Crippen molar-refractivity contribution in [2.45, 2.75) is 94.3 Å². The van der Waals surface area contributed by atoms with Crippen LogP contribution in [0, 0.1) is 17.8 Å².